The fourth-order valence-corrected chi connectivity index (χ4v) is 1.85. The summed E-state index contributed by atoms with van der Waals surface area (Å²) in [5.74, 6) is 0.374. The van der Waals surface area contributed by atoms with Crippen LogP contribution >= 0.6 is 0 Å². The number of furan rings is 1. The first kappa shape index (κ1) is 9.58. The van der Waals surface area contributed by atoms with Crippen molar-refractivity contribution in [3.05, 3.63) is 35.8 Å². The molecule has 82 valence electrons. The molecule has 0 spiro atoms. The van der Waals surface area contributed by atoms with Gasteiger partial charge in [-0.3, -0.25) is 4.79 Å². The lowest BCUT2D eigenvalue weighted by Crippen LogP contribution is -1.97. The van der Waals surface area contributed by atoms with Crippen molar-refractivity contribution in [1.82, 2.24) is 0 Å². The first-order chi connectivity index (χ1) is 7.74. The summed E-state index contributed by atoms with van der Waals surface area (Å²) < 4.78 is 18.6. The van der Waals surface area contributed by atoms with Gasteiger partial charge >= 0.3 is 0 Å². The molecule has 3 rings (SSSR count). The zero-order chi connectivity index (χ0) is 11.1. The van der Waals surface area contributed by atoms with Crippen LogP contribution in [0.2, 0.25) is 0 Å². The number of halogens is 1. The topological polar surface area (TPSA) is 30.2 Å². The minimum absolute atomic E-state index is 0.0156. The van der Waals surface area contributed by atoms with Crippen LogP contribution in [0.3, 0.4) is 0 Å². The molecule has 16 heavy (non-hydrogen) atoms. The Kier molecular flexibility index (Phi) is 2.06. The zero-order valence-electron chi connectivity index (χ0n) is 8.70. The standard InChI is InChI=1S/C13H11FO2/c14-10-3-1-2-9-7-12(16-13(9)10)11(15)6-8-4-5-8/h1-3,7-8H,4-6H2. The van der Waals surface area contributed by atoms with Crippen LogP contribution in [0.4, 0.5) is 4.39 Å². The number of benzene rings is 1. The first-order valence-electron chi connectivity index (χ1n) is 5.45. The van der Waals surface area contributed by atoms with Crippen LogP contribution in [0.1, 0.15) is 29.8 Å². The molecule has 1 aromatic heterocycles. The second-order valence-electron chi connectivity index (χ2n) is 4.34. The molecule has 0 radical (unpaired) electrons. The molecule has 1 aromatic carbocycles. The van der Waals surface area contributed by atoms with E-state index in [2.05, 4.69) is 0 Å². The third-order valence-corrected chi connectivity index (χ3v) is 2.94. The summed E-state index contributed by atoms with van der Waals surface area (Å²) >= 11 is 0. The predicted molar refractivity (Wildman–Crippen MR) is 57.8 cm³/mol. The Morgan fingerprint density at radius 1 is 1.44 bits per heavy atom. The maximum Gasteiger partial charge on any atom is 0.198 e. The van der Waals surface area contributed by atoms with Gasteiger partial charge < -0.3 is 4.42 Å². The Balaban J connectivity index is 1.97. The molecular formula is C13H11FO2. The summed E-state index contributed by atoms with van der Waals surface area (Å²) in [7, 11) is 0. The molecule has 0 atom stereocenters. The number of para-hydroxylation sites is 1. The van der Waals surface area contributed by atoms with Gasteiger partial charge in [0.05, 0.1) is 0 Å². The summed E-state index contributed by atoms with van der Waals surface area (Å²) in [5.41, 5.74) is 0.182. The van der Waals surface area contributed by atoms with Gasteiger partial charge in [-0.2, -0.15) is 0 Å². The van der Waals surface area contributed by atoms with E-state index in [1.54, 1.807) is 18.2 Å². The second-order valence-corrected chi connectivity index (χ2v) is 4.34. The van der Waals surface area contributed by atoms with E-state index in [4.69, 9.17) is 4.42 Å². The van der Waals surface area contributed by atoms with Gasteiger partial charge in [0.1, 0.15) is 0 Å². The molecule has 0 amide bonds. The smallest absolute Gasteiger partial charge is 0.198 e. The van der Waals surface area contributed by atoms with Crippen molar-refractivity contribution in [3.63, 3.8) is 0 Å². The average molecular weight is 218 g/mol. The summed E-state index contributed by atoms with van der Waals surface area (Å²) in [6, 6.07) is 6.32. The Hall–Kier alpha value is -1.64. The number of fused-ring (bicyclic) bond motifs is 1. The Morgan fingerprint density at radius 2 is 2.25 bits per heavy atom. The van der Waals surface area contributed by atoms with E-state index >= 15 is 0 Å². The summed E-state index contributed by atoms with van der Waals surface area (Å²) in [6.45, 7) is 0. The molecule has 0 unspecified atom stereocenters. The maximum atomic E-state index is 13.3. The molecule has 0 bridgehead atoms. The predicted octanol–water partition coefficient (Wildman–Crippen LogP) is 3.55. The molecule has 3 heteroatoms. The van der Waals surface area contributed by atoms with Crippen molar-refractivity contribution in [1.29, 1.82) is 0 Å². The van der Waals surface area contributed by atoms with Gasteiger partial charge in [-0.15, -0.1) is 0 Å². The molecule has 1 saturated carbocycles. The van der Waals surface area contributed by atoms with Crippen LogP contribution in [0, 0.1) is 11.7 Å². The van der Waals surface area contributed by atoms with Crippen LogP contribution in [0.25, 0.3) is 11.0 Å². The highest BCUT2D eigenvalue weighted by Gasteiger charge is 2.26. The number of ketones is 1. The van der Waals surface area contributed by atoms with Gasteiger partial charge in [0.2, 0.25) is 0 Å². The van der Waals surface area contributed by atoms with Crippen molar-refractivity contribution >= 4 is 16.8 Å². The fourth-order valence-electron chi connectivity index (χ4n) is 1.85. The van der Waals surface area contributed by atoms with Crippen LogP contribution in [-0.2, 0) is 0 Å². The van der Waals surface area contributed by atoms with E-state index in [1.165, 1.54) is 6.07 Å². The second kappa shape index (κ2) is 3.44. The lowest BCUT2D eigenvalue weighted by molar-refractivity contribution is 0.0951. The fraction of sp³-hybridized carbons (Fsp3) is 0.308. The van der Waals surface area contributed by atoms with Gasteiger partial charge in [0, 0.05) is 11.8 Å². The van der Waals surface area contributed by atoms with Gasteiger partial charge in [0.15, 0.2) is 22.9 Å². The highest BCUT2D eigenvalue weighted by molar-refractivity contribution is 5.97. The molecule has 2 aromatic rings. The quantitative estimate of drug-likeness (QED) is 0.737. The number of hydrogen-bond donors (Lipinski definition) is 0. The number of Topliss-reactive ketones (excluding diaryl/α,β-unsaturated/α-hetero) is 1. The highest BCUT2D eigenvalue weighted by atomic mass is 19.1. The molecule has 0 aliphatic heterocycles. The lowest BCUT2D eigenvalue weighted by atomic mass is 10.1. The zero-order valence-corrected chi connectivity index (χ0v) is 8.70. The first-order valence-corrected chi connectivity index (χ1v) is 5.45. The molecular weight excluding hydrogens is 207 g/mol. The number of hydrogen-bond acceptors (Lipinski definition) is 2. The molecule has 0 N–H and O–H groups in total. The van der Waals surface area contributed by atoms with E-state index < -0.39 is 5.82 Å². The summed E-state index contributed by atoms with van der Waals surface area (Å²) in [5, 5.41) is 0.652. The van der Waals surface area contributed by atoms with Gasteiger partial charge in [-0.1, -0.05) is 12.1 Å². The average Bonchev–Trinajstić information content (AvgIpc) is 2.95. The normalized spacial score (nSPS) is 15.6. The number of carbonyl (C=O) groups excluding carboxylic acids is 1. The summed E-state index contributed by atoms with van der Waals surface area (Å²) in [4.78, 5) is 11.8. The van der Waals surface area contributed by atoms with E-state index in [-0.39, 0.29) is 17.1 Å². The van der Waals surface area contributed by atoms with E-state index in [0.29, 0.717) is 17.7 Å². The maximum absolute atomic E-state index is 13.3. The van der Waals surface area contributed by atoms with Crippen LogP contribution in [0.15, 0.2) is 28.7 Å². The van der Waals surface area contributed by atoms with Gasteiger partial charge in [0.25, 0.3) is 0 Å². The lowest BCUT2D eigenvalue weighted by Gasteiger charge is -1.93. The van der Waals surface area contributed by atoms with Crippen molar-refractivity contribution in [2.75, 3.05) is 0 Å². The third-order valence-electron chi connectivity index (χ3n) is 2.94. The molecule has 1 heterocycles. The van der Waals surface area contributed by atoms with Gasteiger partial charge in [-0.05, 0) is 30.9 Å². The minimum atomic E-state index is -0.414. The molecule has 0 saturated heterocycles. The van der Waals surface area contributed by atoms with E-state index in [0.717, 1.165) is 12.8 Å². The van der Waals surface area contributed by atoms with Crippen LogP contribution in [0.5, 0.6) is 0 Å². The SMILES string of the molecule is O=C(CC1CC1)c1cc2cccc(F)c2o1. The minimum Gasteiger partial charge on any atom is -0.450 e. The van der Waals surface area contributed by atoms with Crippen molar-refractivity contribution in [3.8, 4) is 0 Å². The highest BCUT2D eigenvalue weighted by Crippen LogP contribution is 2.34. The molecule has 2 nitrogen and oxygen atoms in total. The largest absolute Gasteiger partial charge is 0.450 e. The third kappa shape index (κ3) is 1.62. The van der Waals surface area contributed by atoms with Crippen LogP contribution < -0.4 is 0 Å². The Morgan fingerprint density at radius 3 is 2.94 bits per heavy atom. The Bertz CT molecular complexity index is 552. The van der Waals surface area contributed by atoms with Gasteiger partial charge in [-0.25, -0.2) is 4.39 Å². The monoisotopic (exact) mass is 218 g/mol. The van der Waals surface area contributed by atoms with Crippen molar-refractivity contribution in [2.45, 2.75) is 19.3 Å². The summed E-state index contributed by atoms with van der Waals surface area (Å²) in [6.07, 6.45) is 2.78. The number of carbonyl (C=O) groups is 1. The molecule has 1 aliphatic rings. The van der Waals surface area contributed by atoms with Crippen LogP contribution in [-0.4, -0.2) is 5.78 Å². The molecule has 1 fully saturated rings. The number of rotatable bonds is 3. The molecule has 1 aliphatic carbocycles. The van der Waals surface area contributed by atoms with Crippen molar-refractivity contribution in [2.24, 2.45) is 5.92 Å². The Labute approximate surface area is 92.1 Å². The van der Waals surface area contributed by atoms with E-state index in [1.807, 2.05) is 0 Å². The van der Waals surface area contributed by atoms with E-state index in [9.17, 15) is 9.18 Å². The van der Waals surface area contributed by atoms with Crippen molar-refractivity contribution < 1.29 is 13.6 Å².